The average Bonchev–Trinajstić information content (AvgIpc) is 2.03. The van der Waals surface area contributed by atoms with Gasteiger partial charge in [0.25, 0.3) is 0 Å². The predicted molar refractivity (Wildman–Crippen MR) is 41.0 cm³/mol. The van der Waals surface area contributed by atoms with Gasteiger partial charge in [0.15, 0.2) is 0 Å². The second-order valence-electron chi connectivity index (χ2n) is 1.95. The minimum atomic E-state index is -0.0606. The summed E-state index contributed by atoms with van der Waals surface area (Å²) in [4.78, 5) is 0. The fourth-order valence-corrected chi connectivity index (χ4v) is 0.748. The first kappa shape index (κ1) is 7.11. The van der Waals surface area contributed by atoms with Crippen molar-refractivity contribution in [1.29, 1.82) is 0 Å². The molecular weight excluding hydrogens is 124 g/mol. The second kappa shape index (κ2) is 3.92. The zero-order chi connectivity index (χ0) is 7.23. The molecule has 0 aromatic heterocycles. The Bertz CT molecular complexity index is 213. The standard InChI is InChI=1S/C9H9O/c10-8-4-7-9-5-2-1-3-6-9/h1-2,5-6,10H,3,8H2. The molecule has 0 aromatic rings. The van der Waals surface area contributed by atoms with Crippen LogP contribution in [0.3, 0.4) is 0 Å². The van der Waals surface area contributed by atoms with E-state index in [-0.39, 0.29) is 6.61 Å². The van der Waals surface area contributed by atoms with Crippen molar-refractivity contribution in [2.75, 3.05) is 6.61 Å². The van der Waals surface area contributed by atoms with Crippen LogP contribution in [0.1, 0.15) is 6.42 Å². The normalized spacial score (nSPS) is 15.5. The van der Waals surface area contributed by atoms with Crippen molar-refractivity contribution in [2.45, 2.75) is 6.42 Å². The van der Waals surface area contributed by atoms with Crippen molar-refractivity contribution in [1.82, 2.24) is 0 Å². The quantitative estimate of drug-likeness (QED) is 0.490. The van der Waals surface area contributed by atoms with Crippen LogP contribution in [0.25, 0.3) is 0 Å². The maximum Gasteiger partial charge on any atom is 0.104 e. The average molecular weight is 133 g/mol. The van der Waals surface area contributed by atoms with Gasteiger partial charge >= 0.3 is 0 Å². The highest BCUT2D eigenvalue weighted by molar-refractivity contribution is 5.41. The van der Waals surface area contributed by atoms with Crippen molar-refractivity contribution in [3.63, 3.8) is 0 Å². The molecule has 1 rings (SSSR count). The van der Waals surface area contributed by atoms with Crippen LogP contribution in [0.2, 0.25) is 0 Å². The minimum Gasteiger partial charge on any atom is -0.384 e. The zero-order valence-corrected chi connectivity index (χ0v) is 5.67. The molecule has 10 heavy (non-hydrogen) atoms. The van der Waals surface area contributed by atoms with Crippen LogP contribution in [0.5, 0.6) is 0 Å². The van der Waals surface area contributed by atoms with Crippen molar-refractivity contribution in [3.05, 3.63) is 30.2 Å². The highest BCUT2D eigenvalue weighted by atomic mass is 16.2. The Morgan fingerprint density at radius 3 is 3.10 bits per heavy atom. The van der Waals surface area contributed by atoms with Gasteiger partial charge in [0.2, 0.25) is 0 Å². The number of allylic oxidation sites excluding steroid dienone is 4. The number of aliphatic hydroxyl groups is 1. The van der Waals surface area contributed by atoms with Gasteiger partial charge in [-0.2, -0.15) is 0 Å². The van der Waals surface area contributed by atoms with E-state index < -0.39 is 0 Å². The van der Waals surface area contributed by atoms with Gasteiger partial charge in [-0.05, 0) is 12.8 Å². The van der Waals surface area contributed by atoms with Gasteiger partial charge in [-0.1, -0.05) is 30.1 Å². The number of rotatable bonds is 0. The third kappa shape index (κ3) is 2.08. The van der Waals surface area contributed by atoms with E-state index in [2.05, 4.69) is 18.3 Å². The molecule has 0 bridgehead atoms. The maximum atomic E-state index is 8.36. The molecule has 0 fully saturated rings. The summed E-state index contributed by atoms with van der Waals surface area (Å²) >= 11 is 0. The largest absolute Gasteiger partial charge is 0.384 e. The summed E-state index contributed by atoms with van der Waals surface area (Å²) in [5.41, 5.74) is 0.997. The smallest absolute Gasteiger partial charge is 0.104 e. The third-order valence-corrected chi connectivity index (χ3v) is 1.20. The molecule has 1 N–H and O–H groups in total. The molecule has 1 heteroatoms. The monoisotopic (exact) mass is 133 g/mol. The molecule has 0 unspecified atom stereocenters. The van der Waals surface area contributed by atoms with E-state index in [4.69, 9.17) is 5.11 Å². The van der Waals surface area contributed by atoms with E-state index in [1.54, 1.807) is 0 Å². The molecule has 0 spiro atoms. The van der Waals surface area contributed by atoms with Gasteiger partial charge in [0, 0.05) is 5.57 Å². The number of aliphatic hydroxyl groups excluding tert-OH is 1. The fourth-order valence-electron chi connectivity index (χ4n) is 0.748. The van der Waals surface area contributed by atoms with Crippen LogP contribution in [-0.4, -0.2) is 11.7 Å². The fraction of sp³-hybridized carbons (Fsp3) is 0.222. The SMILES string of the molecule is OCC#CC1=CC[CH]C=C1. The van der Waals surface area contributed by atoms with Crippen molar-refractivity contribution < 1.29 is 5.11 Å². The molecular formula is C9H9O. The lowest BCUT2D eigenvalue weighted by molar-refractivity contribution is 0.350. The molecule has 0 saturated carbocycles. The summed E-state index contributed by atoms with van der Waals surface area (Å²) in [5.74, 6) is 5.42. The van der Waals surface area contributed by atoms with Crippen LogP contribution in [0.4, 0.5) is 0 Å². The van der Waals surface area contributed by atoms with Crippen molar-refractivity contribution >= 4 is 0 Å². The van der Waals surface area contributed by atoms with Gasteiger partial charge in [0.1, 0.15) is 6.61 Å². The Kier molecular flexibility index (Phi) is 2.79. The molecule has 0 amide bonds. The number of hydrogen-bond donors (Lipinski definition) is 1. The van der Waals surface area contributed by atoms with Crippen LogP contribution >= 0.6 is 0 Å². The summed E-state index contributed by atoms with van der Waals surface area (Å²) in [6.45, 7) is -0.0606. The molecule has 1 radical (unpaired) electrons. The van der Waals surface area contributed by atoms with Gasteiger partial charge in [-0.25, -0.2) is 0 Å². The zero-order valence-electron chi connectivity index (χ0n) is 5.67. The first-order chi connectivity index (χ1) is 4.93. The Labute approximate surface area is 61.1 Å². The lowest BCUT2D eigenvalue weighted by Crippen LogP contribution is -1.82. The first-order valence-electron chi connectivity index (χ1n) is 3.23. The summed E-state index contributed by atoms with van der Waals surface area (Å²) in [7, 11) is 0. The van der Waals surface area contributed by atoms with Gasteiger partial charge < -0.3 is 5.11 Å². The Morgan fingerprint density at radius 2 is 2.50 bits per heavy atom. The van der Waals surface area contributed by atoms with Crippen LogP contribution < -0.4 is 0 Å². The first-order valence-corrected chi connectivity index (χ1v) is 3.23. The lowest BCUT2D eigenvalue weighted by Gasteiger charge is -1.96. The number of hydrogen-bond acceptors (Lipinski definition) is 1. The van der Waals surface area contributed by atoms with Crippen LogP contribution in [-0.2, 0) is 0 Å². The van der Waals surface area contributed by atoms with Gasteiger partial charge in [-0.15, -0.1) is 0 Å². The van der Waals surface area contributed by atoms with Crippen LogP contribution in [0.15, 0.2) is 23.8 Å². The van der Waals surface area contributed by atoms with E-state index in [0.29, 0.717) is 0 Å². The molecule has 1 aliphatic rings. The molecule has 0 saturated heterocycles. The van der Waals surface area contributed by atoms with E-state index in [9.17, 15) is 0 Å². The molecule has 51 valence electrons. The highest BCUT2D eigenvalue weighted by Crippen LogP contribution is 2.06. The van der Waals surface area contributed by atoms with Crippen molar-refractivity contribution in [3.8, 4) is 11.8 Å². The summed E-state index contributed by atoms with van der Waals surface area (Å²) in [6, 6.07) is 0. The maximum absolute atomic E-state index is 8.36. The predicted octanol–water partition coefficient (Wildman–Crippen LogP) is 1.07. The van der Waals surface area contributed by atoms with Gasteiger partial charge in [0.05, 0.1) is 0 Å². The third-order valence-electron chi connectivity index (χ3n) is 1.20. The summed E-state index contributed by atoms with van der Waals surface area (Å²) in [5, 5.41) is 8.36. The minimum absolute atomic E-state index is 0.0606. The Hall–Kier alpha value is -1.00. The van der Waals surface area contributed by atoms with E-state index in [1.807, 2.05) is 18.2 Å². The van der Waals surface area contributed by atoms with E-state index >= 15 is 0 Å². The molecule has 1 nitrogen and oxygen atoms in total. The molecule has 0 atom stereocenters. The highest BCUT2D eigenvalue weighted by Gasteiger charge is 1.90. The van der Waals surface area contributed by atoms with E-state index in [1.165, 1.54) is 0 Å². The van der Waals surface area contributed by atoms with E-state index in [0.717, 1.165) is 12.0 Å². The van der Waals surface area contributed by atoms with Gasteiger partial charge in [-0.3, -0.25) is 0 Å². The Morgan fingerprint density at radius 1 is 1.60 bits per heavy atom. The topological polar surface area (TPSA) is 20.2 Å². The second-order valence-corrected chi connectivity index (χ2v) is 1.95. The molecule has 0 aromatic carbocycles. The molecule has 1 aliphatic carbocycles. The van der Waals surface area contributed by atoms with Crippen LogP contribution in [0, 0.1) is 18.3 Å². The summed E-state index contributed by atoms with van der Waals surface area (Å²) in [6.07, 6.45) is 8.95. The van der Waals surface area contributed by atoms with Crippen molar-refractivity contribution in [2.24, 2.45) is 0 Å². The Balaban J connectivity index is 2.55. The lowest BCUT2D eigenvalue weighted by atomic mass is 10.1. The summed E-state index contributed by atoms with van der Waals surface area (Å²) < 4.78 is 0. The molecule has 0 heterocycles. The molecule has 0 aliphatic heterocycles.